The molecule has 0 saturated carbocycles. The molecule has 6 heteroatoms. The van der Waals surface area contributed by atoms with E-state index < -0.39 is 6.10 Å². The van der Waals surface area contributed by atoms with Gasteiger partial charge in [0.1, 0.15) is 13.2 Å². The minimum atomic E-state index is -0.794. The lowest BCUT2D eigenvalue weighted by molar-refractivity contribution is -0.167. The second-order valence-corrected chi connectivity index (χ2v) is 21.3. The topological polar surface area (TPSA) is 78.9 Å². The van der Waals surface area contributed by atoms with Crippen molar-refractivity contribution < 1.29 is 28.6 Å². The van der Waals surface area contributed by atoms with Gasteiger partial charge in [-0.3, -0.25) is 14.4 Å². The number of esters is 3. The molecule has 0 aromatic rings. The van der Waals surface area contributed by atoms with Crippen LogP contribution in [0.15, 0.2) is 85.1 Å². The molecule has 0 aliphatic heterocycles. The summed E-state index contributed by atoms with van der Waals surface area (Å²) in [5.74, 6) is -0.914. The van der Waals surface area contributed by atoms with Gasteiger partial charge < -0.3 is 14.2 Å². The largest absolute Gasteiger partial charge is 0.462 e. The van der Waals surface area contributed by atoms with E-state index in [1.54, 1.807) is 0 Å². The van der Waals surface area contributed by atoms with Gasteiger partial charge in [0.2, 0.25) is 0 Å². The van der Waals surface area contributed by atoms with E-state index in [0.717, 1.165) is 96.3 Å². The van der Waals surface area contributed by atoms with Crippen molar-refractivity contribution in [1.29, 1.82) is 0 Å². The van der Waals surface area contributed by atoms with Gasteiger partial charge in [-0.2, -0.15) is 0 Å². The molecule has 0 aliphatic rings. The van der Waals surface area contributed by atoms with Crippen LogP contribution in [0.25, 0.3) is 0 Å². The highest BCUT2D eigenvalue weighted by Crippen LogP contribution is 2.16. The molecule has 0 rings (SSSR count). The van der Waals surface area contributed by atoms with E-state index in [-0.39, 0.29) is 31.1 Å². The van der Waals surface area contributed by atoms with Crippen LogP contribution < -0.4 is 0 Å². The van der Waals surface area contributed by atoms with E-state index >= 15 is 0 Å². The normalized spacial score (nSPS) is 12.6. The van der Waals surface area contributed by atoms with Crippen LogP contribution in [0.1, 0.15) is 316 Å². The zero-order chi connectivity index (χ0) is 54.3. The summed E-state index contributed by atoms with van der Waals surface area (Å²) >= 11 is 0. The van der Waals surface area contributed by atoms with E-state index in [0.29, 0.717) is 19.3 Å². The van der Waals surface area contributed by atoms with E-state index in [1.807, 2.05) is 0 Å². The minimum Gasteiger partial charge on any atom is -0.462 e. The third-order valence-electron chi connectivity index (χ3n) is 13.9. The Labute approximate surface area is 465 Å². The molecule has 0 spiro atoms. The molecule has 0 aromatic carbocycles. The van der Waals surface area contributed by atoms with Crippen LogP contribution in [0, 0.1) is 0 Å². The first-order chi connectivity index (χ1) is 37.0. The molecular weight excluding hydrogens is 925 g/mol. The summed E-state index contributed by atoms with van der Waals surface area (Å²) in [5.41, 5.74) is 0. The van der Waals surface area contributed by atoms with Crippen LogP contribution in [-0.4, -0.2) is 37.2 Å². The molecule has 0 fully saturated rings. The Bertz CT molecular complexity index is 1430. The molecule has 1 atom stereocenters. The molecule has 0 unspecified atom stereocenters. The van der Waals surface area contributed by atoms with E-state index in [2.05, 4.69) is 106 Å². The number of unbranched alkanes of at least 4 members (excludes halogenated alkanes) is 33. The van der Waals surface area contributed by atoms with E-state index in [4.69, 9.17) is 14.2 Å². The number of carbonyl (C=O) groups excluding carboxylic acids is 3. The maximum absolute atomic E-state index is 12.9. The highest BCUT2D eigenvalue weighted by molar-refractivity contribution is 5.71. The third kappa shape index (κ3) is 61.3. The van der Waals surface area contributed by atoms with Crippen LogP contribution >= 0.6 is 0 Å². The van der Waals surface area contributed by atoms with Gasteiger partial charge in [0.15, 0.2) is 6.10 Å². The average Bonchev–Trinajstić information content (AvgIpc) is 3.41. The molecule has 0 amide bonds. The first kappa shape index (κ1) is 71.6. The number of hydrogen-bond donors (Lipinski definition) is 0. The Morgan fingerprint density at radius 3 is 0.840 bits per heavy atom. The van der Waals surface area contributed by atoms with E-state index in [1.165, 1.54) is 180 Å². The molecule has 0 heterocycles. The lowest BCUT2D eigenvalue weighted by atomic mass is 10.0. The maximum atomic E-state index is 12.9. The van der Waals surface area contributed by atoms with Crippen molar-refractivity contribution in [3.05, 3.63) is 85.1 Å². The Kier molecular flexibility index (Phi) is 60.3. The monoisotopic (exact) mass is 1040 g/mol. The molecular formula is C69H120O6. The van der Waals surface area contributed by atoms with E-state index in [9.17, 15) is 14.4 Å². The zero-order valence-corrected chi connectivity index (χ0v) is 49.6. The molecule has 0 aliphatic carbocycles. The highest BCUT2D eigenvalue weighted by atomic mass is 16.6. The fraction of sp³-hybridized carbons (Fsp3) is 0.754. The number of hydrogen-bond acceptors (Lipinski definition) is 6. The summed E-state index contributed by atoms with van der Waals surface area (Å²) < 4.78 is 16.9. The second-order valence-electron chi connectivity index (χ2n) is 21.3. The van der Waals surface area contributed by atoms with Gasteiger partial charge >= 0.3 is 17.9 Å². The molecule has 0 saturated heterocycles. The maximum Gasteiger partial charge on any atom is 0.306 e. The summed E-state index contributed by atoms with van der Waals surface area (Å²) in [5, 5.41) is 0. The fourth-order valence-corrected chi connectivity index (χ4v) is 9.05. The fourth-order valence-electron chi connectivity index (χ4n) is 9.05. The summed E-state index contributed by atoms with van der Waals surface area (Å²) in [4.78, 5) is 38.3. The van der Waals surface area contributed by atoms with Gasteiger partial charge in [-0.1, -0.05) is 266 Å². The van der Waals surface area contributed by atoms with Crippen molar-refractivity contribution in [3.8, 4) is 0 Å². The summed E-state index contributed by atoms with van der Waals surface area (Å²) in [6.07, 6.45) is 83.0. The third-order valence-corrected chi connectivity index (χ3v) is 13.9. The average molecular weight is 1050 g/mol. The molecule has 0 bridgehead atoms. The van der Waals surface area contributed by atoms with Crippen LogP contribution in [0.4, 0.5) is 0 Å². The van der Waals surface area contributed by atoms with Gasteiger partial charge in [-0.15, -0.1) is 0 Å². The first-order valence-electron chi connectivity index (χ1n) is 32.1. The van der Waals surface area contributed by atoms with Gasteiger partial charge in [0.25, 0.3) is 0 Å². The van der Waals surface area contributed by atoms with Crippen molar-refractivity contribution in [1.82, 2.24) is 0 Å². The molecule has 432 valence electrons. The van der Waals surface area contributed by atoms with Crippen molar-refractivity contribution >= 4 is 17.9 Å². The Hall–Kier alpha value is -3.41. The van der Waals surface area contributed by atoms with Gasteiger partial charge in [-0.05, 0) is 116 Å². The summed E-state index contributed by atoms with van der Waals surface area (Å²) in [7, 11) is 0. The second kappa shape index (κ2) is 63.1. The summed E-state index contributed by atoms with van der Waals surface area (Å²) in [6, 6.07) is 0. The van der Waals surface area contributed by atoms with Gasteiger partial charge in [0, 0.05) is 19.3 Å². The standard InChI is InChI=1S/C69H120O6/c1-4-7-10-13-16-19-22-25-28-31-33-34-36-39-41-44-47-50-53-56-59-62-68(71)74-65-66(75-69(72)63-60-57-54-51-48-45-42-37-30-27-24-21-18-15-12-9-6-3)64-73-67(70)61-58-55-52-49-46-43-40-38-35-32-29-26-23-20-17-14-11-8-5-2/h8,11,17,20,25-30,35,38,43,46,66H,4-7,9-10,12-16,18-19,21-24,31-34,36-37,39-42,44-45,47-65H2,1-3H3/b11-8-,20-17-,28-25-,29-26-,30-27-,38-35-,46-43-/t66-/m1/s1. The quantitative estimate of drug-likeness (QED) is 0.0261. The van der Waals surface area contributed by atoms with Crippen molar-refractivity contribution in [2.24, 2.45) is 0 Å². The molecule has 0 aromatic heterocycles. The summed E-state index contributed by atoms with van der Waals surface area (Å²) in [6.45, 7) is 6.52. The van der Waals surface area contributed by atoms with Crippen LogP contribution in [0.2, 0.25) is 0 Å². The number of carbonyl (C=O) groups is 3. The molecule has 75 heavy (non-hydrogen) atoms. The van der Waals surface area contributed by atoms with Gasteiger partial charge in [-0.25, -0.2) is 0 Å². The smallest absolute Gasteiger partial charge is 0.306 e. The molecule has 6 nitrogen and oxygen atoms in total. The minimum absolute atomic E-state index is 0.0880. The Morgan fingerprint density at radius 2 is 0.520 bits per heavy atom. The lowest BCUT2D eigenvalue weighted by Crippen LogP contribution is -2.30. The van der Waals surface area contributed by atoms with Crippen molar-refractivity contribution in [2.75, 3.05) is 13.2 Å². The zero-order valence-electron chi connectivity index (χ0n) is 49.6. The number of ether oxygens (including phenoxy) is 3. The van der Waals surface area contributed by atoms with Crippen molar-refractivity contribution in [3.63, 3.8) is 0 Å². The Balaban J connectivity index is 4.41. The Morgan fingerprint density at radius 1 is 0.280 bits per heavy atom. The van der Waals surface area contributed by atoms with Crippen LogP contribution in [0.3, 0.4) is 0 Å². The number of allylic oxidation sites excluding steroid dienone is 14. The number of rotatable bonds is 58. The van der Waals surface area contributed by atoms with Crippen LogP contribution in [0.5, 0.6) is 0 Å². The van der Waals surface area contributed by atoms with Crippen LogP contribution in [-0.2, 0) is 28.6 Å². The van der Waals surface area contributed by atoms with Gasteiger partial charge in [0.05, 0.1) is 0 Å². The highest BCUT2D eigenvalue weighted by Gasteiger charge is 2.19. The van der Waals surface area contributed by atoms with Crippen molar-refractivity contribution in [2.45, 2.75) is 322 Å². The SMILES string of the molecule is CC/C=C\C/C=C\C/C=C\C/C=C\C/C=C\CCCCCC(=O)OC[C@H](COC(=O)CCCCCCCCCCCCC/C=C\CCCCCCCC)OC(=O)CCCCCCCCC/C=C\CCCCCCCC. The molecule has 0 N–H and O–H groups in total. The molecule has 0 radical (unpaired) electrons. The predicted molar refractivity (Wildman–Crippen MR) is 325 cm³/mol. The lowest BCUT2D eigenvalue weighted by Gasteiger charge is -2.18. The predicted octanol–water partition coefficient (Wildman–Crippen LogP) is 21.9. The first-order valence-corrected chi connectivity index (χ1v) is 32.1.